The number of amides is 1. The summed E-state index contributed by atoms with van der Waals surface area (Å²) in [5, 5.41) is 0.0981. The summed E-state index contributed by atoms with van der Waals surface area (Å²) in [6.45, 7) is 5.32. The lowest BCUT2D eigenvalue weighted by molar-refractivity contribution is -0.128. The first-order valence-corrected chi connectivity index (χ1v) is 9.39. The van der Waals surface area contributed by atoms with E-state index in [1.54, 1.807) is 11.8 Å². The number of thioether (sulfide) groups is 1. The molecule has 0 aromatic heterocycles. The summed E-state index contributed by atoms with van der Waals surface area (Å²) in [5.74, 6) is 2.42. The van der Waals surface area contributed by atoms with Crippen molar-refractivity contribution in [2.24, 2.45) is 0 Å². The highest BCUT2D eigenvalue weighted by Gasteiger charge is 2.33. The van der Waals surface area contributed by atoms with Crippen molar-refractivity contribution < 1.29 is 14.3 Å². The van der Waals surface area contributed by atoms with Crippen LogP contribution in [0.4, 0.5) is 0 Å². The van der Waals surface area contributed by atoms with E-state index in [2.05, 4.69) is 11.0 Å². The summed E-state index contributed by atoms with van der Waals surface area (Å²) in [4.78, 5) is 16.8. The summed E-state index contributed by atoms with van der Waals surface area (Å²) in [7, 11) is 0. The van der Waals surface area contributed by atoms with Gasteiger partial charge in [-0.15, -0.1) is 11.8 Å². The van der Waals surface area contributed by atoms with Crippen LogP contribution in [-0.2, 0) is 4.79 Å². The maximum Gasteiger partial charge on any atom is 0.233 e. The van der Waals surface area contributed by atoms with Crippen LogP contribution >= 0.6 is 11.8 Å². The van der Waals surface area contributed by atoms with Gasteiger partial charge in [-0.1, -0.05) is 6.07 Å². The topological polar surface area (TPSA) is 42.0 Å². The van der Waals surface area contributed by atoms with Crippen LogP contribution in [0.15, 0.2) is 18.2 Å². The first-order valence-electron chi connectivity index (χ1n) is 8.34. The van der Waals surface area contributed by atoms with Crippen LogP contribution in [0.1, 0.15) is 23.8 Å². The minimum atomic E-state index is 0.0981. The quantitative estimate of drug-likeness (QED) is 0.844. The zero-order valence-corrected chi connectivity index (χ0v) is 14.0. The monoisotopic (exact) mass is 334 g/mol. The summed E-state index contributed by atoms with van der Waals surface area (Å²) in [5.41, 5.74) is 1.13. The molecule has 3 aliphatic rings. The van der Waals surface area contributed by atoms with Gasteiger partial charge in [0.25, 0.3) is 0 Å². The summed E-state index contributed by atoms with van der Waals surface area (Å²) >= 11 is 1.71. The highest BCUT2D eigenvalue weighted by atomic mass is 32.2. The van der Waals surface area contributed by atoms with E-state index in [1.165, 1.54) is 25.9 Å². The Bertz CT molecular complexity index is 589. The van der Waals surface area contributed by atoms with Gasteiger partial charge in [0.05, 0.1) is 5.75 Å². The Labute approximate surface area is 140 Å². The van der Waals surface area contributed by atoms with Crippen molar-refractivity contribution in [1.82, 2.24) is 9.80 Å². The molecule has 2 saturated heterocycles. The molecular weight excluding hydrogens is 312 g/mol. The molecule has 1 unspecified atom stereocenters. The third-order valence-electron chi connectivity index (χ3n) is 4.68. The average molecular weight is 334 g/mol. The standard InChI is InChI=1S/C17H22N2O3S/c20-16-12-23-17(19(16)8-7-18-5-1-2-6-18)13-3-4-14-15(11-13)22-10-9-21-14/h3-4,11,17H,1-2,5-10,12H2. The zero-order valence-electron chi connectivity index (χ0n) is 13.2. The van der Waals surface area contributed by atoms with Crippen LogP contribution in [0.3, 0.4) is 0 Å². The van der Waals surface area contributed by atoms with Gasteiger partial charge in [-0.25, -0.2) is 0 Å². The molecule has 23 heavy (non-hydrogen) atoms. The molecule has 5 nitrogen and oxygen atoms in total. The second kappa shape index (κ2) is 6.61. The number of likely N-dealkylation sites (tertiary alicyclic amines) is 1. The van der Waals surface area contributed by atoms with E-state index < -0.39 is 0 Å². The van der Waals surface area contributed by atoms with E-state index in [4.69, 9.17) is 9.47 Å². The lowest BCUT2D eigenvalue weighted by Crippen LogP contribution is -2.36. The van der Waals surface area contributed by atoms with Gasteiger partial charge in [-0.05, 0) is 43.6 Å². The molecule has 3 heterocycles. The molecular formula is C17H22N2O3S. The molecule has 0 N–H and O–H groups in total. The Morgan fingerprint density at radius 1 is 1.09 bits per heavy atom. The van der Waals surface area contributed by atoms with Crippen molar-refractivity contribution in [1.29, 1.82) is 0 Å². The smallest absolute Gasteiger partial charge is 0.233 e. The molecule has 124 valence electrons. The van der Waals surface area contributed by atoms with Crippen molar-refractivity contribution in [2.45, 2.75) is 18.2 Å². The molecule has 0 radical (unpaired) electrons. The van der Waals surface area contributed by atoms with Gasteiger partial charge in [0.15, 0.2) is 11.5 Å². The Kier molecular flexibility index (Phi) is 4.35. The maximum absolute atomic E-state index is 12.3. The average Bonchev–Trinajstić information content (AvgIpc) is 3.22. The Hall–Kier alpha value is -1.40. The van der Waals surface area contributed by atoms with E-state index in [9.17, 15) is 4.79 Å². The number of carbonyl (C=O) groups excluding carboxylic acids is 1. The third-order valence-corrected chi connectivity index (χ3v) is 5.93. The van der Waals surface area contributed by atoms with Crippen LogP contribution in [-0.4, -0.2) is 60.9 Å². The highest BCUT2D eigenvalue weighted by molar-refractivity contribution is 8.00. The van der Waals surface area contributed by atoms with Crippen LogP contribution in [0, 0.1) is 0 Å². The van der Waals surface area contributed by atoms with E-state index in [0.717, 1.165) is 30.2 Å². The number of rotatable bonds is 4. The first kappa shape index (κ1) is 15.1. The molecule has 3 aliphatic heterocycles. The lowest BCUT2D eigenvalue weighted by Gasteiger charge is -2.27. The Balaban J connectivity index is 1.48. The van der Waals surface area contributed by atoms with Crippen molar-refractivity contribution in [3.63, 3.8) is 0 Å². The fraction of sp³-hybridized carbons (Fsp3) is 0.588. The van der Waals surface area contributed by atoms with Crippen molar-refractivity contribution >= 4 is 17.7 Å². The van der Waals surface area contributed by atoms with Crippen LogP contribution < -0.4 is 9.47 Å². The number of hydrogen-bond acceptors (Lipinski definition) is 5. The SMILES string of the molecule is O=C1CSC(c2ccc3c(c2)OCCO3)N1CCN1CCCC1. The number of hydrogen-bond donors (Lipinski definition) is 0. The third kappa shape index (κ3) is 3.15. The number of fused-ring (bicyclic) bond motifs is 1. The van der Waals surface area contributed by atoms with E-state index in [-0.39, 0.29) is 11.3 Å². The molecule has 0 saturated carbocycles. The zero-order chi connectivity index (χ0) is 15.6. The Morgan fingerprint density at radius 2 is 1.87 bits per heavy atom. The van der Waals surface area contributed by atoms with Gasteiger partial charge >= 0.3 is 0 Å². The maximum atomic E-state index is 12.3. The molecule has 4 rings (SSSR count). The van der Waals surface area contributed by atoms with Gasteiger partial charge in [-0.3, -0.25) is 4.79 Å². The molecule has 1 aromatic rings. The minimum absolute atomic E-state index is 0.0981. The van der Waals surface area contributed by atoms with E-state index >= 15 is 0 Å². The molecule has 0 bridgehead atoms. The number of benzene rings is 1. The fourth-order valence-corrected chi connectivity index (χ4v) is 4.65. The highest BCUT2D eigenvalue weighted by Crippen LogP contribution is 2.42. The van der Waals surface area contributed by atoms with Crippen molar-refractivity contribution in [3.8, 4) is 11.5 Å². The van der Waals surface area contributed by atoms with E-state index in [1.807, 2.05) is 17.0 Å². The minimum Gasteiger partial charge on any atom is -0.486 e. The molecule has 2 fully saturated rings. The number of carbonyl (C=O) groups is 1. The molecule has 1 aromatic carbocycles. The van der Waals surface area contributed by atoms with Crippen molar-refractivity contribution in [2.75, 3.05) is 45.1 Å². The molecule has 0 spiro atoms. The van der Waals surface area contributed by atoms with E-state index in [0.29, 0.717) is 19.0 Å². The van der Waals surface area contributed by atoms with Gasteiger partial charge < -0.3 is 19.3 Å². The fourth-order valence-electron chi connectivity index (χ4n) is 3.44. The van der Waals surface area contributed by atoms with Gasteiger partial charge in [0, 0.05) is 13.1 Å². The largest absolute Gasteiger partial charge is 0.486 e. The molecule has 6 heteroatoms. The summed E-state index contributed by atoms with van der Waals surface area (Å²) < 4.78 is 11.3. The van der Waals surface area contributed by atoms with Gasteiger partial charge in [0.2, 0.25) is 5.91 Å². The van der Waals surface area contributed by atoms with Crippen LogP contribution in [0.25, 0.3) is 0 Å². The van der Waals surface area contributed by atoms with Crippen molar-refractivity contribution in [3.05, 3.63) is 23.8 Å². The lowest BCUT2D eigenvalue weighted by atomic mass is 10.1. The number of nitrogens with zero attached hydrogens (tertiary/aromatic N) is 2. The van der Waals surface area contributed by atoms with Crippen LogP contribution in [0.5, 0.6) is 11.5 Å². The van der Waals surface area contributed by atoms with Gasteiger partial charge in [-0.2, -0.15) is 0 Å². The first-order chi connectivity index (χ1) is 11.3. The molecule has 1 atom stereocenters. The molecule has 1 amide bonds. The second-order valence-electron chi connectivity index (χ2n) is 6.20. The normalized spacial score (nSPS) is 24.4. The summed E-state index contributed by atoms with van der Waals surface area (Å²) in [6, 6.07) is 6.06. The Morgan fingerprint density at radius 3 is 2.70 bits per heavy atom. The van der Waals surface area contributed by atoms with Crippen LogP contribution in [0.2, 0.25) is 0 Å². The second-order valence-corrected chi connectivity index (χ2v) is 7.27. The summed E-state index contributed by atoms with van der Waals surface area (Å²) in [6.07, 6.45) is 2.57. The number of ether oxygens (including phenoxy) is 2. The predicted molar refractivity (Wildman–Crippen MR) is 90.0 cm³/mol. The predicted octanol–water partition coefficient (Wildman–Crippen LogP) is 2.13. The van der Waals surface area contributed by atoms with Gasteiger partial charge in [0.1, 0.15) is 18.6 Å². The molecule has 0 aliphatic carbocycles.